The van der Waals surface area contributed by atoms with Crippen LogP contribution in [0.4, 0.5) is 0 Å². The van der Waals surface area contributed by atoms with E-state index in [1.807, 2.05) is 31.2 Å². The first-order valence-corrected chi connectivity index (χ1v) is 8.08. The van der Waals surface area contributed by atoms with Gasteiger partial charge in [0.25, 0.3) is 0 Å². The lowest BCUT2D eigenvalue weighted by molar-refractivity contribution is 0.0689. The fourth-order valence-electron chi connectivity index (χ4n) is 2.39. The number of carbonyl (C=O) groups is 1. The highest BCUT2D eigenvalue weighted by molar-refractivity contribution is 5.86. The number of ether oxygens (including phenoxy) is 1. The lowest BCUT2D eigenvalue weighted by atomic mass is 10.2. The molecule has 6 nitrogen and oxygen atoms in total. The van der Waals surface area contributed by atoms with Crippen molar-refractivity contribution in [1.29, 1.82) is 0 Å². The van der Waals surface area contributed by atoms with Crippen molar-refractivity contribution in [2.24, 2.45) is 0 Å². The number of nitrogens with zero attached hydrogens (tertiary/aromatic N) is 3. The molecule has 6 heteroatoms. The maximum atomic E-state index is 11.1. The van der Waals surface area contributed by atoms with Crippen LogP contribution in [0.5, 0.6) is 5.75 Å². The van der Waals surface area contributed by atoms with Gasteiger partial charge in [-0.25, -0.2) is 9.48 Å². The Hall–Kier alpha value is -2.37. The number of hydrogen-bond acceptors (Lipinski definition) is 4. The Morgan fingerprint density at radius 3 is 2.52 bits per heavy atom. The third-order valence-electron chi connectivity index (χ3n) is 3.65. The second kappa shape index (κ2) is 8.31. The molecule has 0 spiro atoms. The predicted octanol–water partition coefficient (Wildman–Crippen LogP) is 3.49. The van der Waals surface area contributed by atoms with E-state index in [0.717, 1.165) is 17.9 Å². The molecule has 0 saturated heterocycles. The van der Waals surface area contributed by atoms with E-state index in [9.17, 15) is 4.79 Å². The molecule has 0 aliphatic rings. The van der Waals surface area contributed by atoms with Gasteiger partial charge in [0, 0.05) is 0 Å². The van der Waals surface area contributed by atoms with Crippen LogP contribution in [0.3, 0.4) is 0 Å². The summed E-state index contributed by atoms with van der Waals surface area (Å²) in [6.45, 7) is 4.78. The van der Waals surface area contributed by atoms with Crippen molar-refractivity contribution in [2.75, 3.05) is 6.61 Å². The highest BCUT2D eigenvalue weighted by atomic mass is 16.5. The van der Waals surface area contributed by atoms with Crippen molar-refractivity contribution in [3.63, 3.8) is 0 Å². The zero-order valence-electron chi connectivity index (χ0n) is 13.7. The predicted molar refractivity (Wildman–Crippen MR) is 87.3 cm³/mol. The molecule has 1 heterocycles. The number of carboxylic acids is 1. The smallest absolute Gasteiger partial charge is 0.358 e. The average molecular weight is 317 g/mol. The first kappa shape index (κ1) is 17.0. The van der Waals surface area contributed by atoms with Crippen LogP contribution in [0.1, 0.15) is 55.7 Å². The van der Waals surface area contributed by atoms with Gasteiger partial charge in [-0.3, -0.25) is 0 Å². The summed E-state index contributed by atoms with van der Waals surface area (Å²) in [5.41, 5.74) is 1.37. The summed E-state index contributed by atoms with van der Waals surface area (Å²) < 4.78 is 7.27. The molecular weight excluding hydrogens is 294 g/mol. The average Bonchev–Trinajstić information content (AvgIpc) is 2.99. The monoisotopic (exact) mass is 317 g/mol. The second-order valence-corrected chi connectivity index (χ2v) is 5.36. The van der Waals surface area contributed by atoms with Gasteiger partial charge < -0.3 is 9.84 Å². The van der Waals surface area contributed by atoms with Crippen LogP contribution < -0.4 is 4.74 Å². The van der Waals surface area contributed by atoms with E-state index in [0.29, 0.717) is 18.7 Å². The third kappa shape index (κ3) is 4.31. The Balaban J connectivity index is 2.04. The summed E-state index contributed by atoms with van der Waals surface area (Å²) in [6.07, 6.45) is 5.24. The molecule has 1 aromatic heterocycles. The van der Waals surface area contributed by atoms with Crippen LogP contribution in [0, 0.1) is 0 Å². The first-order valence-electron chi connectivity index (χ1n) is 8.08. The van der Waals surface area contributed by atoms with Gasteiger partial charge in [0.15, 0.2) is 5.69 Å². The molecular formula is C17H23N3O3. The minimum Gasteiger partial charge on any atom is -0.494 e. The molecule has 0 saturated carbocycles. The topological polar surface area (TPSA) is 77.2 Å². The Bertz CT molecular complexity index is 635. The number of rotatable bonds is 9. The van der Waals surface area contributed by atoms with Gasteiger partial charge in [0.1, 0.15) is 5.75 Å². The molecule has 0 amide bonds. The van der Waals surface area contributed by atoms with Gasteiger partial charge in [-0.05, 0) is 37.1 Å². The summed E-state index contributed by atoms with van der Waals surface area (Å²) in [7, 11) is 0. The zero-order chi connectivity index (χ0) is 16.7. The van der Waals surface area contributed by atoms with Crippen molar-refractivity contribution >= 4 is 5.97 Å². The van der Waals surface area contributed by atoms with E-state index < -0.39 is 5.97 Å². The highest BCUT2D eigenvalue weighted by Crippen LogP contribution is 2.18. The minimum absolute atomic E-state index is 0.00347. The van der Waals surface area contributed by atoms with E-state index >= 15 is 0 Å². The van der Waals surface area contributed by atoms with Crippen molar-refractivity contribution in [2.45, 2.75) is 46.0 Å². The van der Waals surface area contributed by atoms with Crippen LogP contribution in [0.25, 0.3) is 5.69 Å². The van der Waals surface area contributed by atoms with Crippen molar-refractivity contribution in [3.05, 3.63) is 35.7 Å². The molecule has 0 radical (unpaired) electrons. The van der Waals surface area contributed by atoms with Gasteiger partial charge in [-0.2, -0.15) is 0 Å². The van der Waals surface area contributed by atoms with E-state index in [1.165, 1.54) is 19.3 Å². The van der Waals surface area contributed by atoms with Gasteiger partial charge in [0.05, 0.1) is 18.0 Å². The molecule has 124 valence electrons. The molecule has 0 atom stereocenters. The largest absolute Gasteiger partial charge is 0.494 e. The van der Waals surface area contributed by atoms with E-state index in [2.05, 4.69) is 17.2 Å². The third-order valence-corrected chi connectivity index (χ3v) is 3.65. The quantitative estimate of drug-likeness (QED) is 0.716. The SMILES string of the molecule is CCCCCCOc1ccc(-n2nnc(C(=O)O)c2CC)cc1. The maximum absolute atomic E-state index is 11.1. The highest BCUT2D eigenvalue weighted by Gasteiger charge is 2.18. The van der Waals surface area contributed by atoms with Crippen LogP contribution in [0.2, 0.25) is 0 Å². The van der Waals surface area contributed by atoms with E-state index in [-0.39, 0.29) is 5.69 Å². The number of benzene rings is 1. The maximum Gasteiger partial charge on any atom is 0.358 e. The molecule has 23 heavy (non-hydrogen) atoms. The number of aromatic nitrogens is 3. The molecule has 0 bridgehead atoms. The van der Waals surface area contributed by atoms with E-state index in [4.69, 9.17) is 9.84 Å². The Kier molecular flexibility index (Phi) is 6.14. The van der Waals surface area contributed by atoms with Crippen molar-refractivity contribution in [3.8, 4) is 11.4 Å². The summed E-state index contributed by atoms with van der Waals surface area (Å²) in [5.74, 6) is -0.248. The van der Waals surface area contributed by atoms with Crippen LogP contribution in [0.15, 0.2) is 24.3 Å². The van der Waals surface area contributed by atoms with E-state index in [1.54, 1.807) is 4.68 Å². The molecule has 1 aromatic carbocycles. The van der Waals surface area contributed by atoms with Crippen molar-refractivity contribution < 1.29 is 14.6 Å². The van der Waals surface area contributed by atoms with Gasteiger partial charge >= 0.3 is 5.97 Å². The Morgan fingerprint density at radius 1 is 1.17 bits per heavy atom. The van der Waals surface area contributed by atoms with Gasteiger partial charge in [-0.1, -0.05) is 38.3 Å². The lowest BCUT2D eigenvalue weighted by Gasteiger charge is -2.08. The number of hydrogen-bond donors (Lipinski definition) is 1. The molecule has 2 aromatic rings. The fraction of sp³-hybridized carbons (Fsp3) is 0.471. The summed E-state index contributed by atoms with van der Waals surface area (Å²) in [4.78, 5) is 11.1. The number of unbranched alkanes of at least 4 members (excludes halogenated alkanes) is 3. The molecule has 0 fully saturated rings. The number of carboxylic acid groups (broad SMARTS) is 1. The van der Waals surface area contributed by atoms with Gasteiger partial charge in [-0.15, -0.1) is 5.10 Å². The second-order valence-electron chi connectivity index (χ2n) is 5.36. The molecule has 1 N–H and O–H groups in total. The Morgan fingerprint density at radius 2 is 1.91 bits per heavy atom. The van der Waals surface area contributed by atoms with Crippen LogP contribution in [-0.4, -0.2) is 32.7 Å². The number of aromatic carboxylic acids is 1. The summed E-state index contributed by atoms with van der Waals surface area (Å²) in [6, 6.07) is 7.47. The lowest BCUT2D eigenvalue weighted by Crippen LogP contribution is -2.06. The molecule has 0 aliphatic heterocycles. The summed E-state index contributed by atoms with van der Waals surface area (Å²) in [5, 5.41) is 16.8. The van der Waals surface area contributed by atoms with Gasteiger partial charge in [0.2, 0.25) is 0 Å². The molecule has 2 rings (SSSR count). The first-order chi connectivity index (χ1) is 11.2. The normalized spacial score (nSPS) is 10.7. The van der Waals surface area contributed by atoms with Crippen LogP contribution in [-0.2, 0) is 6.42 Å². The van der Waals surface area contributed by atoms with Crippen LogP contribution >= 0.6 is 0 Å². The van der Waals surface area contributed by atoms with Crippen molar-refractivity contribution in [1.82, 2.24) is 15.0 Å². The summed E-state index contributed by atoms with van der Waals surface area (Å²) >= 11 is 0. The fourth-order valence-corrected chi connectivity index (χ4v) is 2.39. The Labute approximate surface area is 136 Å². The standard InChI is InChI=1S/C17H23N3O3/c1-3-5-6-7-12-23-14-10-8-13(9-11-14)20-15(4-2)16(17(21)22)18-19-20/h8-11H,3-7,12H2,1-2H3,(H,21,22). The molecule has 0 aliphatic carbocycles. The minimum atomic E-state index is -1.06. The molecule has 0 unspecified atom stereocenters. The zero-order valence-corrected chi connectivity index (χ0v) is 13.7.